The molecule has 12 heavy (non-hydrogen) atoms. The summed E-state index contributed by atoms with van der Waals surface area (Å²) in [6.45, 7) is 2.75. The number of aryl methyl sites for hydroxylation is 1. The molecule has 0 spiro atoms. The first-order chi connectivity index (χ1) is 5.24. The van der Waals surface area contributed by atoms with E-state index >= 15 is 0 Å². The predicted octanol–water partition coefficient (Wildman–Crippen LogP) is 2.57. The Balaban J connectivity index is 0.00000121. The largest absolute Gasteiger partial charge is 0.330 e. The molecule has 0 heterocycles. The quantitative estimate of drug-likeness (QED) is 0.790. The van der Waals surface area contributed by atoms with Crippen molar-refractivity contribution in [3.63, 3.8) is 0 Å². The Labute approximate surface area is 84.3 Å². The second-order valence-electron chi connectivity index (χ2n) is 2.61. The summed E-state index contributed by atoms with van der Waals surface area (Å²) >= 11 is 5.79. The number of rotatable bonds is 2. The number of halogens is 2. The summed E-state index contributed by atoms with van der Waals surface area (Å²) in [5.41, 5.74) is 7.95. The van der Waals surface area contributed by atoms with Gasteiger partial charge in [0.15, 0.2) is 0 Å². The Morgan fingerprint density at radius 2 is 2.08 bits per heavy atom. The average Bonchev–Trinajstić information content (AvgIpc) is 1.95. The molecule has 0 aliphatic heterocycles. The molecular weight excluding hydrogens is 193 g/mol. The SMILES string of the molecule is Cc1cc(Cl)ccc1CCN.Cl. The zero-order valence-electron chi connectivity index (χ0n) is 7.01. The van der Waals surface area contributed by atoms with Gasteiger partial charge in [-0.05, 0) is 43.1 Å². The van der Waals surface area contributed by atoms with Gasteiger partial charge >= 0.3 is 0 Å². The number of nitrogens with two attached hydrogens (primary N) is 1. The maximum atomic E-state index is 5.79. The third-order valence-electron chi connectivity index (χ3n) is 1.72. The molecule has 0 aromatic heterocycles. The third kappa shape index (κ3) is 3.02. The van der Waals surface area contributed by atoms with E-state index in [4.69, 9.17) is 17.3 Å². The van der Waals surface area contributed by atoms with E-state index in [2.05, 4.69) is 6.92 Å². The number of hydrogen-bond donors (Lipinski definition) is 1. The molecule has 0 atom stereocenters. The summed E-state index contributed by atoms with van der Waals surface area (Å²) in [5, 5.41) is 0.795. The lowest BCUT2D eigenvalue weighted by molar-refractivity contribution is 0.958. The molecule has 1 nitrogen and oxygen atoms in total. The van der Waals surface area contributed by atoms with Crippen molar-refractivity contribution >= 4 is 24.0 Å². The summed E-state index contributed by atoms with van der Waals surface area (Å²) in [5.74, 6) is 0. The molecule has 0 bridgehead atoms. The Kier molecular flexibility index (Phi) is 5.31. The standard InChI is InChI=1S/C9H12ClN.ClH/c1-7-6-9(10)3-2-8(7)4-5-11;/h2-3,6H,4-5,11H2,1H3;1H. The topological polar surface area (TPSA) is 26.0 Å². The molecule has 0 amide bonds. The Bertz CT molecular complexity index is 248. The molecule has 0 fully saturated rings. The molecule has 3 heteroatoms. The van der Waals surface area contributed by atoms with E-state index in [9.17, 15) is 0 Å². The van der Waals surface area contributed by atoms with Gasteiger partial charge in [-0.2, -0.15) is 0 Å². The van der Waals surface area contributed by atoms with Gasteiger partial charge in [0.25, 0.3) is 0 Å². The summed E-state index contributed by atoms with van der Waals surface area (Å²) in [6, 6.07) is 5.90. The molecule has 1 aromatic rings. The van der Waals surface area contributed by atoms with E-state index in [1.54, 1.807) is 0 Å². The minimum Gasteiger partial charge on any atom is -0.330 e. The minimum atomic E-state index is 0. The molecule has 0 aliphatic carbocycles. The van der Waals surface area contributed by atoms with E-state index in [1.165, 1.54) is 11.1 Å². The fourth-order valence-electron chi connectivity index (χ4n) is 1.10. The van der Waals surface area contributed by atoms with Gasteiger partial charge in [-0.3, -0.25) is 0 Å². The van der Waals surface area contributed by atoms with Crippen LogP contribution in [-0.4, -0.2) is 6.54 Å². The summed E-state index contributed by atoms with van der Waals surface area (Å²) < 4.78 is 0. The molecule has 68 valence electrons. The van der Waals surface area contributed by atoms with E-state index in [-0.39, 0.29) is 12.4 Å². The van der Waals surface area contributed by atoms with Crippen molar-refractivity contribution in [2.75, 3.05) is 6.54 Å². The van der Waals surface area contributed by atoms with E-state index in [0.29, 0.717) is 6.54 Å². The van der Waals surface area contributed by atoms with Crippen LogP contribution in [0.1, 0.15) is 11.1 Å². The average molecular weight is 206 g/mol. The van der Waals surface area contributed by atoms with Crippen molar-refractivity contribution in [3.05, 3.63) is 34.3 Å². The second-order valence-corrected chi connectivity index (χ2v) is 3.05. The van der Waals surface area contributed by atoms with Crippen LogP contribution in [0.4, 0.5) is 0 Å². The first-order valence-electron chi connectivity index (χ1n) is 3.69. The van der Waals surface area contributed by atoms with Gasteiger partial charge in [-0.25, -0.2) is 0 Å². The predicted molar refractivity (Wildman–Crippen MR) is 56.2 cm³/mol. The molecule has 0 saturated carbocycles. The lowest BCUT2D eigenvalue weighted by Crippen LogP contribution is -2.03. The van der Waals surface area contributed by atoms with Crippen LogP contribution in [0.5, 0.6) is 0 Å². The van der Waals surface area contributed by atoms with Crippen molar-refractivity contribution in [1.29, 1.82) is 0 Å². The fraction of sp³-hybridized carbons (Fsp3) is 0.333. The molecule has 0 aliphatic rings. The zero-order valence-corrected chi connectivity index (χ0v) is 8.58. The first kappa shape index (κ1) is 11.8. The van der Waals surface area contributed by atoms with Crippen molar-refractivity contribution < 1.29 is 0 Å². The van der Waals surface area contributed by atoms with E-state index in [1.807, 2.05) is 18.2 Å². The summed E-state index contributed by atoms with van der Waals surface area (Å²) in [4.78, 5) is 0. The van der Waals surface area contributed by atoms with Crippen LogP contribution in [0.25, 0.3) is 0 Å². The highest BCUT2D eigenvalue weighted by atomic mass is 35.5. The van der Waals surface area contributed by atoms with Crippen LogP contribution in [0.3, 0.4) is 0 Å². The van der Waals surface area contributed by atoms with E-state index < -0.39 is 0 Å². The maximum Gasteiger partial charge on any atom is 0.0408 e. The molecule has 0 radical (unpaired) electrons. The smallest absolute Gasteiger partial charge is 0.0408 e. The first-order valence-corrected chi connectivity index (χ1v) is 4.07. The minimum absolute atomic E-state index is 0. The highest BCUT2D eigenvalue weighted by Crippen LogP contribution is 2.14. The Morgan fingerprint density at radius 1 is 1.42 bits per heavy atom. The second kappa shape index (κ2) is 5.41. The molecule has 2 N–H and O–H groups in total. The highest BCUT2D eigenvalue weighted by Gasteiger charge is 1.96. The highest BCUT2D eigenvalue weighted by molar-refractivity contribution is 6.30. The molecule has 1 rings (SSSR count). The van der Waals surface area contributed by atoms with Crippen molar-refractivity contribution in [3.8, 4) is 0 Å². The zero-order chi connectivity index (χ0) is 8.27. The van der Waals surface area contributed by atoms with Gasteiger partial charge in [0.05, 0.1) is 0 Å². The van der Waals surface area contributed by atoms with Crippen LogP contribution >= 0.6 is 24.0 Å². The molecular formula is C9H13Cl2N. The molecule has 0 unspecified atom stereocenters. The maximum absolute atomic E-state index is 5.79. The Hall–Kier alpha value is -0.240. The fourth-order valence-corrected chi connectivity index (χ4v) is 1.32. The Morgan fingerprint density at radius 3 is 2.58 bits per heavy atom. The van der Waals surface area contributed by atoms with Gasteiger partial charge in [0.1, 0.15) is 0 Å². The summed E-state index contributed by atoms with van der Waals surface area (Å²) in [6.07, 6.45) is 0.934. The third-order valence-corrected chi connectivity index (χ3v) is 1.95. The summed E-state index contributed by atoms with van der Waals surface area (Å²) in [7, 11) is 0. The van der Waals surface area contributed by atoms with Crippen LogP contribution in [-0.2, 0) is 6.42 Å². The van der Waals surface area contributed by atoms with Crippen molar-refractivity contribution in [2.45, 2.75) is 13.3 Å². The van der Waals surface area contributed by atoms with Crippen molar-refractivity contribution in [2.24, 2.45) is 5.73 Å². The van der Waals surface area contributed by atoms with Crippen LogP contribution in [0.2, 0.25) is 5.02 Å². The normalized spacial score (nSPS) is 9.25. The van der Waals surface area contributed by atoms with Gasteiger partial charge in [0.2, 0.25) is 0 Å². The van der Waals surface area contributed by atoms with Crippen molar-refractivity contribution in [1.82, 2.24) is 0 Å². The molecule has 0 saturated heterocycles. The van der Waals surface area contributed by atoms with Crippen LogP contribution in [0.15, 0.2) is 18.2 Å². The van der Waals surface area contributed by atoms with Gasteiger partial charge < -0.3 is 5.73 Å². The van der Waals surface area contributed by atoms with Crippen LogP contribution in [0, 0.1) is 6.92 Å². The lowest BCUT2D eigenvalue weighted by atomic mass is 10.1. The van der Waals surface area contributed by atoms with Gasteiger partial charge in [-0.15, -0.1) is 12.4 Å². The monoisotopic (exact) mass is 205 g/mol. The van der Waals surface area contributed by atoms with Gasteiger partial charge in [-0.1, -0.05) is 17.7 Å². The van der Waals surface area contributed by atoms with E-state index in [0.717, 1.165) is 11.4 Å². The number of hydrogen-bond acceptors (Lipinski definition) is 1. The van der Waals surface area contributed by atoms with Gasteiger partial charge in [0, 0.05) is 5.02 Å². The lowest BCUT2D eigenvalue weighted by Gasteiger charge is -2.03. The molecule has 1 aromatic carbocycles. The number of benzene rings is 1. The van der Waals surface area contributed by atoms with Crippen LogP contribution < -0.4 is 5.73 Å².